The molecule has 0 bridgehead atoms. The molecular weight excluding hydrogens is 338 g/mol. The summed E-state index contributed by atoms with van der Waals surface area (Å²) in [5.74, 6) is 2.35. The average molecular weight is 359 g/mol. The van der Waals surface area contributed by atoms with Crippen molar-refractivity contribution in [2.75, 3.05) is 11.9 Å². The SMILES string of the molecule is CCOc1cccc(C(C)Nc2ccc3nnc(-c4ccccc4)n3n2)c1. The van der Waals surface area contributed by atoms with E-state index in [1.165, 1.54) is 0 Å². The molecule has 136 valence electrons. The Hall–Kier alpha value is -3.41. The molecule has 2 aromatic heterocycles. The zero-order chi connectivity index (χ0) is 18.6. The van der Waals surface area contributed by atoms with Crippen molar-refractivity contribution in [1.29, 1.82) is 0 Å². The second kappa shape index (κ2) is 7.45. The van der Waals surface area contributed by atoms with Crippen molar-refractivity contribution in [3.05, 3.63) is 72.3 Å². The number of nitrogens with zero attached hydrogens (tertiary/aromatic N) is 4. The molecule has 27 heavy (non-hydrogen) atoms. The van der Waals surface area contributed by atoms with E-state index in [0.29, 0.717) is 12.3 Å². The molecule has 0 fully saturated rings. The predicted molar refractivity (Wildman–Crippen MR) is 106 cm³/mol. The zero-order valence-corrected chi connectivity index (χ0v) is 15.3. The van der Waals surface area contributed by atoms with Crippen molar-refractivity contribution in [2.45, 2.75) is 19.9 Å². The van der Waals surface area contributed by atoms with Crippen LogP contribution in [-0.2, 0) is 0 Å². The number of hydrogen-bond acceptors (Lipinski definition) is 5. The first-order chi connectivity index (χ1) is 13.2. The molecule has 0 saturated carbocycles. The van der Waals surface area contributed by atoms with Gasteiger partial charge in [0.1, 0.15) is 11.6 Å². The van der Waals surface area contributed by atoms with Crippen LogP contribution in [0.2, 0.25) is 0 Å². The summed E-state index contributed by atoms with van der Waals surface area (Å²) in [5, 5.41) is 16.6. The fourth-order valence-corrected chi connectivity index (χ4v) is 2.98. The predicted octanol–water partition coefficient (Wildman–Crippen LogP) is 4.36. The van der Waals surface area contributed by atoms with Crippen LogP contribution in [0.25, 0.3) is 17.0 Å². The molecule has 6 heteroatoms. The summed E-state index contributed by atoms with van der Waals surface area (Å²) < 4.78 is 7.36. The molecule has 0 radical (unpaired) electrons. The highest BCUT2D eigenvalue weighted by Gasteiger charge is 2.12. The molecule has 0 spiro atoms. The smallest absolute Gasteiger partial charge is 0.185 e. The fourth-order valence-electron chi connectivity index (χ4n) is 2.98. The molecule has 2 aromatic carbocycles. The number of hydrogen-bond donors (Lipinski definition) is 1. The fraction of sp³-hybridized carbons (Fsp3) is 0.190. The summed E-state index contributed by atoms with van der Waals surface area (Å²) in [5.41, 5.74) is 2.83. The number of nitrogens with one attached hydrogen (secondary N) is 1. The Morgan fingerprint density at radius 1 is 1.00 bits per heavy atom. The highest BCUT2D eigenvalue weighted by atomic mass is 16.5. The van der Waals surface area contributed by atoms with E-state index in [0.717, 1.165) is 28.5 Å². The summed E-state index contributed by atoms with van der Waals surface area (Å²) in [6.45, 7) is 4.73. The van der Waals surface area contributed by atoms with Gasteiger partial charge in [0, 0.05) is 5.56 Å². The van der Waals surface area contributed by atoms with E-state index >= 15 is 0 Å². The molecule has 0 aliphatic carbocycles. The molecule has 0 aliphatic rings. The number of aromatic nitrogens is 4. The van der Waals surface area contributed by atoms with E-state index in [4.69, 9.17) is 4.74 Å². The maximum atomic E-state index is 5.59. The van der Waals surface area contributed by atoms with Gasteiger partial charge in [-0.25, -0.2) is 0 Å². The van der Waals surface area contributed by atoms with Crippen LogP contribution in [0.5, 0.6) is 5.75 Å². The Kier molecular flexibility index (Phi) is 4.70. The van der Waals surface area contributed by atoms with Crippen LogP contribution in [0.1, 0.15) is 25.5 Å². The standard InChI is InChI=1S/C21H21N5O/c1-3-27-18-11-7-10-17(14-18)15(2)22-19-12-13-20-23-24-21(26(20)25-19)16-8-5-4-6-9-16/h4-15H,3H2,1-2H3,(H,22,25). The monoisotopic (exact) mass is 359 g/mol. The first-order valence-electron chi connectivity index (χ1n) is 9.02. The van der Waals surface area contributed by atoms with Crippen LogP contribution in [0.15, 0.2) is 66.7 Å². The molecule has 0 saturated heterocycles. The highest BCUT2D eigenvalue weighted by molar-refractivity contribution is 5.59. The van der Waals surface area contributed by atoms with Crippen molar-refractivity contribution < 1.29 is 4.74 Å². The number of anilines is 1. The van der Waals surface area contributed by atoms with Gasteiger partial charge in [-0.15, -0.1) is 15.3 Å². The Morgan fingerprint density at radius 2 is 1.85 bits per heavy atom. The first-order valence-corrected chi connectivity index (χ1v) is 9.02. The van der Waals surface area contributed by atoms with Gasteiger partial charge in [-0.05, 0) is 43.7 Å². The minimum atomic E-state index is 0.0759. The van der Waals surface area contributed by atoms with Crippen LogP contribution in [-0.4, -0.2) is 26.4 Å². The molecule has 1 atom stereocenters. The Labute approximate surface area is 157 Å². The lowest BCUT2D eigenvalue weighted by atomic mass is 10.1. The van der Waals surface area contributed by atoms with Gasteiger partial charge in [-0.2, -0.15) is 4.52 Å². The quantitative estimate of drug-likeness (QED) is 0.554. The van der Waals surface area contributed by atoms with E-state index < -0.39 is 0 Å². The lowest BCUT2D eigenvalue weighted by Gasteiger charge is -2.16. The second-order valence-corrected chi connectivity index (χ2v) is 6.25. The second-order valence-electron chi connectivity index (χ2n) is 6.25. The third kappa shape index (κ3) is 3.60. The average Bonchev–Trinajstić information content (AvgIpc) is 3.12. The van der Waals surface area contributed by atoms with Gasteiger partial charge in [-0.1, -0.05) is 42.5 Å². The number of ether oxygens (including phenoxy) is 1. The van der Waals surface area contributed by atoms with Crippen molar-refractivity contribution in [1.82, 2.24) is 19.8 Å². The van der Waals surface area contributed by atoms with Crippen LogP contribution in [0.3, 0.4) is 0 Å². The Morgan fingerprint density at radius 3 is 2.67 bits per heavy atom. The summed E-state index contributed by atoms with van der Waals surface area (Å²) in [7, 11) is 0. The van der Waals surface area contributed by atoms with E-state index in [2.05, 4.69) is 33.6 Å². The third-order valence-corrected chi connectivity index (χ3v) is 4.33. The maximum Gasteiger partial charge on any atom is 0.185 e. The normalized spacial score (nSPS) is 12.1. The minimum Gasteiger partial charge on any atom is -0.494 e. The first kappa shape index (κ1) is 17.0. The minimum absolute atomic E-state index is 0.0759. The molecule has 0 amide bonds. The molecule has 1 unspecified atom stereocenters. The van der Waals surface area contributed by atoms with Crippen LogP contribution < -0.4 is 10.1 Å². The van der Waals surface area contributed by atoms with Crippen molar-refractivity contribution >= 4 is 11.5 Å². The summed E-state index contributed by atoms with van der Waals surface area (Å²) >= 11 is 0. The van der Waals surface area contributed by atoms with E-state index in [1.54, 1.807) is 4.52 Å². The van der Waals surface area contributed by atoms with Crippen molar-refractivity contribution in [3.63, 3.8) is 0 Å². The van der Waals surface area contributed by atoms with Crippen LogP contribution in [0.4, 0.5) is 5.82 Å². The number of benzene rings is 2. The third-order valence-electron chi connectivity index (χ3n) is 4.33. The highest BCUT2D eigenvalue weighted by Crippen LogP contribution is 2.23. The van der Waals surface area contributed by atoms with Crippen molar-refractivity contribution in [3.8, 4) is 17.1 Å². The molecular formula is C21H21N5O. The van der Waals surface area contributed by atoms with Gasteiger partial charge >= 0.3 is 0 Å². The van der Waals surface area contributed by atoms with E-state index in [-0.39, 0.29) is 6.04 Å². The lowest BCUT2D eigenvalue weighted by molar-refractivity contribution is 0.340. The van der Waals surface area contributed by atoms with Gasteiger partial charge in [0.15, 0.2) is 11.5 Å². The van der Waals surface area contributed by atoms with Crippen LogP contribution >= 0.6 is 0 Å². The summed E-state index contributed by atoms with van der Waals surface area (Å²) in [6.07, 6.45) is 0. The number of rotatable bonds is 6. The van der Waals surface area contributed by atoms with Crippen LogP contribution in [0, 0.1) is 0 Å². The topological polar surface area (TPSA) is 64.3 Å². The maximum absolute atomic E-state index is 5.59. The molecule has 6 nitrogen and oxygen atoms in total. The molecule has 4 rings (SSSR count). The zero-order valence-electron chi connectivity index (χ0n) is 15.3. The van der Waals surface area contributed by atoms with Crippen molar-refractivity contribution in [2.24, 2.45) is 0 Å². The molecule has 4 aromatic rings. The number of fused-ring (bicyclic) bond motifs is 1. The van der Waals surface area contributed by atoms with Gasteiger partial charge in [0.2, 0.25) is 0 Å². The molecule has 0 aliphatic heterocycles. The van der Waals surface area contributed by atoms with Gasteiger partial charge in [0.05, 0.1) is 12.6 Å². The van der Waals surface area contributed by atoms with E-state index in [9.17, 15) is 0 Å². The Balaban J connectivity index is 1.61. The summed E-state index contributed by atoms with van der Waals surface area (Å²) in [6, 6.07) is 21.9. The Bertz CT molecular complexity index is 1040. The van der Waals surface area contributed by atoms with E-state index in [1.807, 2.05) is 67.6 Å². The molecule has 1 N–H and O–H groups in total. The van der Waals surface area contributed by atoms with Gasteiger partial charge < -0.3 is 10.1 Å². The molecule has 2 heterocycles. The lowest BCUT2D eigenvalue weighted by Crippen LogP contribution is -2.10. The van der Waals surface area contributed by atoms with Gasteiger partial charge in [0.25, 0.3) is 0 Å². The van der Waals surface area contributed by atoms with Gasteiger partial charge in [-0.3, -0.25) is 0 Å². The summed E-state index contributed by atoms with van der Waals surface area (Å²) in [4.78, 5) is 0. The largest absolute Gasteiger partial charge is 0.494 e.